The molecule has 2 N–H and O–H groups in total. The van der Waals surface area contributed by atoms with Gasteiger partial charge in [0.25, 0.3) is 0 Å². The van der Waals surface area contributed by atoms with E-state index in [9.17, 15) is 0 Å². The van der Waals surface area contributed by atoms with Gasteiger partial charge in [0.05, 0.1) is 0 Å². The summed E-state index contributed by atoms with van der Waals surface area (Å²) in [5, 5.41) is 0. The quantitative estimate of drug-likeness (QED) is 0.861. The lowest BCUT2D eigenvalue weighted by molar-refractivity contribution is 0.608. The molecule has 0 heterocycles. The molecule has 0 bridgehead atoms. The summed E-state index contributed by atoms with van der Waals surface area (Å²) in [6.07, 6.45) is 3.08. The van der Waals surface area contributed by atoms with Crippen LogP contribution in [0.2, 0.25) is 0 Å². The molecule has 0 radical (unpaired) electrons. The first-order valence-corrected chi connectivity index (χ1v) is 7.01. The summed E-state index contributed by atoms with van der Waals surface area (Å²) in [5.74, 6) is 0. The molecule has 1 heteroatoms. The van der Waals surface area contributed by atoms with Crippen LogP contribution in [-0.2, 0) is 12.8 Å². The van der Waals surface area contributed by atoms with Crippen molar-refractivity contribution in [3.63, 3.8) is 0 Å². The van der Waals surface area contributed by atoms with Crippen LogP contribution in [0, 0.1) is 13.8 Å². The number of aryl methyl sites for hydroxylation is 3. The molecular weight excluding hydrogens is 230 g/mol. The van der Waals surface area contributed by atoms with Crippen LogP contribution in [-0.4, -0.2) is 6.04 Å². The Balaban J connectivity index is 1.90. The van der Waals surface area contributed by atoms with E-state index < -0.39 is 0 Å². The number of benzene rings is 2. The van der Waals surface area contributed by atoms with Crippen LogP contribution in [0.5, 0.6) is 0 Å². The Morgan fingerprint density at radius 3 is 1.95 bits per heavy atom. The van der Waals surface area contributed by atoms with Gasteiger partial charge in [-0.25, -0.2) is 0 Å². The normalized spacial score (nSPS) is 12.4. The van der Waals surface area contributed by atoms with Gasteiger partial charge in [-0.05, 0) is 55.4 Å². The van der Waals surface area contributed by atoms with E-state index in [1.165, 1.54) is 22.3 Å². The van der Waals surface area contributed by atoms with Gasteiger partial charge in [0.15, 0.2) is 0 Å². The van der Waals surface area contributed by atoms with E-state index in [1.807, 2.05) is 0 Å². The molecule has 1 nitrogen and oxygen atoms in total. The van der Waals surface area contributed by atoms with Crippen molar-refractivity contribution < 1.29 is 0 Å². The first-order chi connectivity index (χ1) is 9.16. The predicted molar refractivity (Wildman–Crippen MR) is 82.4 cm³/mol. The molecule has 2 rings (SSSR count). The summed E-state index contributed by atoms with van der Waals surface area (Å²) >= 11 is 0. The lowest BCUT2D eigenvalue weighted by Gasteiger charge is -2.14. The minimum Gasteiger partial charge on any atom is -0.327 e. The van der Waals surface area contributed by atoms with Crippen LogP contribution >= 0.6 is 0 Å². The Morgan fingerprint density at radius 2 is 1.37 bits per heavy atom. The Hall–Kier alpha value is -1.60. The molecule has 0 amide bonds. The molecule has 2 aromatic rings. The van der Waals surface area contributed by atoms with Crippen molar-refractivity contribution >= 4 is 0 Å². The average Bonchev–Trinajstić information content (AvgIpc) is 2.40. The van der Waals surface area contributed by atoms with E-state index in [0.717, 1.165) is 19.3 Å². The Kier molecular flexibility index (Phi) is 4.75. The van der Waals surface area contributed by atoms with Crippen LogP contribution in [0.4, 0.5) is 0 Å². The Bertz CT molecular complexity index is 531. The van der Waals surface area contributed by atoms with Crippen LogP contribution < -0.4 is 5.73 Å². The van der Waals surface area contributed by atoms with Gasteiger partial charge >= 0.3 is 0 Å². The molecule has 0 aliphatic carbocycles. The number of nitrogens with two attached hydrogens (primary N) is 1. The van der Waals surface area contributed by atoms with Crippen LogP contribution in [0.1, 0.15) is 28.7 Å². The number of rotatable bonds is 5. The van der Waals surface area contributed by atoms with Gasteiger partial charge < -0.3 is 5.73 Å². The average molecular weight is 253 g/mol. The lowest BCUT2D eigenvalue weighted by Crippen LogP contribution is -2.24. The molecule has 0 saturated carbocycles. The van der Waals surface area contributed by atoms with Gasteiger partial charge in [0, 0.05) is 6.04 Å². The molecular formula is C18H23N. The molecule has 100 valence electrons. The van der Waals surface area contributed by atoms with Crippen molar-refractivity contribution in [3.05, 3.63) is 70.8 Å². The van der Waals surface area contributed by atoms with Gasteiger partial charge in [0.1, 0.15) is 0 Å². The monoisotopic (exact) mass is 253 g/mol. The van der Waals surface area contributed by atoms with Gasteiger partial charge in [-0.2, -0.15) is 0 Å². The van der Waals surface area contributed by atoms with Gasteiger partial charge in [-0.3, -0.25) is 0 Å². The van der Waals surface area contributed by atoms with Gasteiger partial charge in [-0.15, -0.1) is 0 Å². The maximum absolute atomic E-state index is 6.27. The zero-order valence-electron chi connectivity index (χ0n) is 11.9. The van der Waals surface area contributed by atoms with E-state index in [4.69, 9.17) is 5.73 Å². The largest absolute Gasteiger partial charge is 0.327 e. The molecule has 2 aromatic carbocycles. The summed E-state index contributed by atoms with van der Waals surface area (Å²) in [4.78, 5) is 0. The predicted octanol–water partition coefficient (Wildman–Crippen LogP) is 3.81. The zero-order valence-corrected chi connectivity index (χ0v) is 11.9. The smallest absolute Gasteiger partial charge is 0.00825 e. The highest BCUT2D eigenvalue weighted by atomic mass is 14.6. The summed E-state index contributed by atoms with van der Waals surface area (Å²) in [7, 11) is 0. The van der Waals surface area contributed by atoms with E-state index in [1.54, 1.807) is 0 Å². The van der Waals surface area contributed by atoms with Crippen molar-refractivity contribution in [2.45, 2.75) is 39.2 Å². The third-order valence-electron chi connectivity index (χ3n) is 3.79. The van der Waals surface area contributed by atoms with Crippen LogP contribution in [0.3, 0.4) is 0 Å². The third-order valence-corrected chi connectivity index (χ3v) is 3.79. The molecule has 1 atom stereocenters. The lowest BCUT2D eigenvalue weighted by atomic mass is 9.96. The van der Waals surface area contributed by atoms with E-state index in [-0.39, 0.29) is 6.04 Å². The first kappa shape index (κ1) is 13.8. The number of hydrogen-bond donors (Lipinski definition) is 1. The van der Waals surface area contributed by atoms with E-state index in [2.05, 4.69) is 62.4 Å². The van der Waals surface area contributed by atoms with Crippen molar-refractivity contribution in [1.82, 2.24) is 0 Å². The fourth-order valence-corrected chi connectivity index (χ4v) is 2.46. The molecule has 0 aromatic heterocycles. The number of hydrogen-bond acceptors (Lipinski definition) is 1. The minimum absolute atomic E-state index is 0.237. The maximum Gasteiger partial charge on any atom is 0.00825 e. The van der Waals surface area contributed by atoms with Crippen molar-refractivity contribution in [1.29, 1.82) is 0 Å². The molecule has 0 fully saturated rings. The van der Waals surface area contributed by atoms with E-state index >= 15 is 0 Å². The molecule has 0 spiro atoms. The highest BCUT2D eigenvalue weighted by molar-refractivity contribution is 5.27. The zero-order chi connectivity index (χ0) is 13.7. The van der Waals surface area contributed by atoms with E-state index in [0.29, 0.717) is 0 Å². The summed E-state index contributed by atoms with van der Waals surface area (Å²) in [6.45, 7) is 4.32. The SMILES string of the molecule is Cc1ccccc1CCC(N)Cc1ccccc1C. The highest BCUT2D eigenvalue weighted by Gasteiger charge is 2.07. The molecule has 0 aliphatic heterocycles. The second-order valence-electron chi connectivity index (χ2n) is 5.36. The van der Waals surface area contributed by atoms with Crippen LogP contribution in [0.15, 0.2) is 48.5 Å². The van der Waals surface area contributed by atoms with Gasteiger partial charge in [0.2, 0.25) is 0 Å². The Morgan fingerprint density at radius 1 is 0.842 bits per heavy atom. The third kappa shape index (κ3) is 3.93. The summed E-state index contributed by atoms with van der Waals surface area (Å²) < 4.78 is 0. The standard InChI is InChI=1S/C18H23N/c1-14-7-3-5-9-16(14)11-12-18(19)13-17-10-6-4-8-15(17)2/h3-10,18H,11-13,19H2,1-2H3. The maximum atomic E-state index is 6.27. The second-order valence-corrected chi connectivity index (χ2v) is 5.36. The topological polar surface area (TPSA) is 26.0 Å². The Labute approximate surface area is 116 Å². The summed E-state index contributed by atoms with van der Waals surface area (Å²) in [5.41, 5.74) is 11.8. The fourth-order valence-electron chi connectivity index (χ4n) is 2.46. The van der Waals surface area contributed by atoms with Crippen molar-refractivity contribution in [2.75, 3.05) is 0 Å². The second kappa shape index (κ2) is 6.53. The minimum atomic E-state index is 0.237. The molecule has 0 saturated heterocycles. The highest BCUT2D eigenvalue weighted by Crippen LogP contribution is 2.14. The van der Waals surface area contributed by atoms with Crippen molar-refractivity contribution in [3.8, 4) is 0 Å². The molecule has 19 heavy (non-hydrogen) atoms. The first-order valence-electron chi connectivity index (χ1n) is 7.01. The summed E-state index contributed by atoms with van der Waals surface area (Å²) in [6, 6.07) is 17.3. The molecule has 0 aliphatic rings. The van der Waals surface area contributed by atoms with Crippen molar-refractivity contribution in [2.24, 2.45) is 5.73 Å². The molecule has 1 unspecified atom stereocenters. The fraction of sp³-hybridized carbons (Fsp3) is 0.333. The van der Waals surface area contributed by atoms with Gasteiger partial charge in [-0.1, -0.05) is 48.5 Å². The van der Waals surface area contributed by atoms with Crippen LogP contribution in [0.25, 0.3) is 0 Å².